The molecule has 1 aliphatic rings. The summed E-state index contributed by atoms with van der Waals surface area (Å²) in [5.74, 6) is 0.189. The summed E-state index contributed by atoms with van der Waals surface area (Å²) in [6, 6.07) is -0.288. The maximum absolute atomic E-state index is 7.54. The maximum atomic E-state index is 7.54. The Morgan fingerprint density at radius 2 is 2.58 bits per heavy atom. The summed E-state index contributed by atoms with van der Waals surface area (Å²) in [5, 5.41) is 0. The molecule has 1 aromatic heterocycles. The van der Waals surface area contributed by atoms with Gasteiger partial charge in [0.1, 0.15) is 6.10 Å². The Hall–Kier alpha value is -0.610. The Balaban J connectivity index is 2.30. The summed E-state index contributed by atoms with van der Waals surface area (Å²) in [7, 11) is 0. The molecule has 64 valence electrons. The van der Waals surface area contributed by atoms with Crippen molar-refractivity contribution in [2.45, 2.75) is 6.10 Å². The van der Waals surface area contributed by atoms with Crippen LogP contribution in [0.2, 0.25) is 0 Å². The van der Waals surface area contributed by atoms with Crippen LogP contribution in [0.4, 0.5) is 0 Å². The van der Waals surface area contributed by atoms with E-state index in [-0.39, 0.29) is 30.2 Å². The number of aromatic nitrogens is 1. The molecular weight excluding hydrogens is 222 g/mol. The largest absolute Gasteiger partial charge is 0.469 e. The summed E-state index contributed by atoms with van der Waals surface area (Å²) in [4.78, 5) is 3.79. The summed E-state index contributed by atoms with van der Waals surface area (Å²) in [6.45, 7) is 0.995. The van der Waals surface area contributed by atoms with Gasteiger partial charge in [0.15, 0.2) is 0 Å². The van der Waals surface area contributed by atoms with Crippen LogP contribution in [0.3, 0.4) is 0 Å². The number of ether oxygens (including phenoxy) is 2. The van der Waals surface area contributed by atoms with Gasteiger partial charge in [0.25, 0.3) is 0 Å². The van der Waals surface area contributed by atoms with Crippen molar-refractivity contribution >= 4 is 15.9 Å². The van der Waals surface area contributed by atoms with Crippen molar-refractivity contribution in [2.24, 2.45) is 0 Å². The molecule has 12 heavy (non-hydrogen) atoms. The first kappa shape index (κ1) is 5.19. The van der Waals surface area contributed by atoms with Gasteiger partial charge in [0.05, 0.1) is 21.8 Å². The van der Waals surface area contributed by atoms with E-state index in [9.17, 15) is 0 Å². The number of pyridine rings is 1. The number of hydrogen-bond acceptors (Lipinski definition) is 3. The highest BCUT2D eigenvalue weighted by Crippen LogP contribution is 2.23. The van der Waals surface area contributed by atoms with Gasteiger partial charge in [-0.1, -0.05) is 0 Å². The fraction of sp³-hybridized carbons (Fsp3) is 0.375. The molecule has 3 nitrogen and oxygen atoms in total. The molecule has 0 amide bonds. The van der Waals surface area contributed by atoms with Crippen molar-refractivity contribution in [1.82, 2.24) is 4.98 Å². The van der Waals surface area contributed by atoms with E-state index in [2.05, 4.69) is 20.9 Å². The van der Waals surface area contributed by atoms with E-state index in [1.54, 1.807) is 0 Å². The smallest absolute Gasteiger partial charge is 0.228 e. The average molecular weight is 233 g/mol. The van der Waals surface area contributed by atoms with E-state index in [1.165, 1.54) is 0 Å². The Morgan fingerprint density at radius 1 is 1.75 bits per heavy atom. The summed E-state index contributed by atoms with van der Waals surface area (Å²) in [6.07, 6.45) is -0.317. The molecule has 0 saturated carbocycles. The van der Waals surface area contributed by atoms with Gasteiger partial charge in [-0.05, 0) is 28.0 Å². The normalized spacial score (nSPS) is 20.6. The van der Waals surface area contributed by atoms with Crippen molar-refractivity contribution in [3.63, 3.8) is 0 Å². The second-order valence-electron chi connectivity index (χ2n) is 2.37. The Labute approximate surface area is 83.0 Å². The van der Waals surface area contributed by atoms with Gasteiger partial charge >= 0.3 is 0 Å². The third-order valence-corrected chi connectivity index (χ3v) is 2.00. The SMILES string of the molecule is [2H]c1nc(OC2COC2)c(Br)c([2H])c1[2H]. The Kier molecular flexibility index (Phi) is 1.48. The van der Waals surface area contributed by atoms with Gasteiger partial charge in [-0.15, -0.1) is 0 Å². The molecule has 0 unspecified atom stereocenters. The molecule has 0 radical (unpaired) electrons. The fourth-order valence-electron chi connectivity index (χ4n) is 0.782. The van der Waals surface area contributed by atoms with Crippen LogP contribution in [0.15, 0.2) is 22.7 Å². The molecule has 4 heteroatoms. The van der Waals surface area contributed by atoms with Crippen molar-refractivity contribution in [3.8, 4) is 5.88 Å². The monoisotopic (exact) mass is 232 g/mol. The van der Waals surface area contributed by atoms with Gasteiger partial charge in [-0.25, -0.2) is 4.98 Å². The number of halogens is 1. The van der Waals surface area contributed by atoms with Gasteiger partial charge in [-0.3, -0.25) is 0 Å². The molecule has 0 bridgehead atoms. The standard InChI is InChI=1S/C8H8BrNO2/c9-7-2-1-3-10-8(7)12-6-4-11-5-6/h1-3,6H,4-5H2/i1D,2D,3D. The first-order chi connectivity index (χ1) is 7.09. The Morgan fingerprint density at radius 3 is 3.25 bits per heavy atom. The van der Waals surface area contributed by atoms with Gasteiger partial charge in [0.2, 0.25) is 5.88 Å². The van der Waals surface area contributed by atoms with Crippen molar-refractivity contribution in [1.29, 1.82) is 0 Å². The Bertz CT molecular complexity index is 398. The van der Waals surface area contributed by atoms with Crippen molar-refractivity contribution < 1.29 is 13.6 Å². The van der Waals surface area contributed by atoms with Gasteiger partial charge in [0, 0.05) is 6.17 Å². The van der Waals surface area contributed by atoms with Crippen LogP contribution in [-0.2, 0) is 4.74 Å². The van der Waals surface area contributed by atoms with Gasteiger partial charge in [-0.2, -0.15) is 0 Å². The number of rotatable bonds is 2. The molecule has 1 aromatic rings. The van der Waals surface area contributed by atoms with E-state index in [0.29, 0.717) is 17.7 Å². The van der Waals surface area contributed by atoms with E-state index < -0.39 is 0 Å². The minimum absolute atomic E-state index is 0.0656. The highest BCUT2D eigenvalue weighted by molar-refractivity contribution is 9.10. The van der Waals surface area contributed by atoms with Crippen LogP contribution in [0.25, 0.3) is 0 Å². The summed E-state index contributed by atoms with van der Waals surface area (Å²) < 4.78 is 32.9. The molecule has 0 atom stereocenters. The summed E-state index contributed by atoms with van der Waals surface area (Å²) in [5.41, 5.74) is 0. The van der Waals surface area contributed by atoms with Gasteiger partial charge < -0.3 is 9.47 Å². The predicted molar refractivity (Wildman–Crippen MR) is 47.2 cm³/mol. The molecule has 1 fully saturated rings. The van der Waals surface area contributed by atoms with Crippen LogP contribution in [0, 0.1) is 0 Å². The minimum atomic E-state index is -0.251. The van der Waals surface area contributed by atoms with Crippen LogP contribution in [0.5, 0.6) is 5.88 Å². The fourth-order valence-corrected chi connectivity index (χ4v) is 1.06. The summed E-state index contributed by atoms with van der Waals surface area (Å²) >= 11 is 3.13. The zero-order chi connectivity index (χ0) is 11.0. The molecule has 0 aromatic carbocycles. The minimum Gasteiger partial charge on any atom is -0.469 e. The average Bonchev–Trinajstić information content (AvgIpc) is 2.15. The topological polar surface area (TPSA) is 31.4 Å². The zero-order valence-electron chi connectivity index (χ0n) is 9.13. The second kappa shape index (κ2) is 3.41. The highest BCUT2D eigenvalue weighted by atomic mass is 79.9. The van der Waals surface area contributed by atoms with Crippen LogP contribution < -0.4 is 4.74 Å². The van der Waals surface area contributed by atoms with E-state index in [0.717, 1.165) is 0 Å². The molecule has 0 N–H and O–H groups in total. The molecule has 1 saturated heterocycles. The van der Waals surface area contributed by atoms with Crippen LogP contribution in [0.1, 0.15) is 4.11 Å². The molecular formula is C8H8BrNO2. The lowest BCUT2D eigenvalue weighted by molar-refractivity contribution is -0.0816. The lowest BCUT2D eigenvalue weighted by atomic mass is 10.3. The molecule has 2 heterocycles. The third kappa shape index (κ3) is 1.59. The zero-order valence-corrected chi connectivity index (χ0v) is 7.72. The first-order valence-corrected chi connectivity index (χ1v) is 4.26. The van der Waals surface area contributed by atoms with Crippen LogP contribution in [-0.4, -0.2) is 24.3 Å². The van der Waals surface area contributed by atoms with E-state index in [4.69, 9.17) is 13.6 Å². The lowest BCUT2D eigenvalue weighted by Crippen LogP contribution is -2.38. The quantitative estimate of drug-likeness (QED) is 0.777. The second-order valence-corrected chi connectivity index (χ2v) is 3.16. The molecule has 0 spiro atoms. The maximum Gasteiger partial charge on any atom is 0.228 e. The molecule has 1 aliphatic heterocycles. The van der Waals surface area contributed by atoms with Crippen LogP contribution >= 0.6 is 15.9 Å². The third-order valence-electron chi connectivity index (χ3n) is 1.46. The van der Waals surface area contributed by atoms with E-state index >= 15 is 0 Å². The molecule has 2 rings (SSSR count). The lowest BCUT2D eigenvalue weighted by Gasteiger charge is -2.26. The number of nitrogens with zero attached hydrogens (tertiary/aromatic N) is 1. The first-order valence-electron chi connectivity index (χ1n) is 4.97. The van der Waals surface area contributed by atoms with Crippen molar-refractivity contribution in [2.75, 3.05) is 13.2 Å². The molecule has 0 aliphatic carbocycles. The number of hydrogen-bond donors (Lipinski definition) is 0. The van der Waals surface area contributed by atoms with Crippen molar-refractivity contribution in [3.05, 3.63) is 22.7 Å². The highest BCUT2D eigenvalue weighted by Gasteiger charge is 2.21. The van der Waals surface area contributed by atoms with E-state index in [1.807, 2.05) is 0 Å². The predicted octanol–water partition coefficient (Wildman–Crippen LogP) is 1.62.